The third-order valence-electron chi connectivity index (χ3n) is 3.81. The van der Waals surface area contributed by atoms with Crippen LogP contribution in [-0.2, 0) is 0 Å². The molecule has 0 saturated carbocycles. The Bertz CT molecular complexity index is 362. The highest BCUT2D eigenvalue weighted by molar-refractivity contribution is 5.71. The molecule has 94 valence electrons. The van der Waals surface area contributed by atoms with Crippen LogP contribution in [0.4, 0.5) is 11.4 Å². The Morgan fingerprint density at radius 3 is 2.53 bits per heavy atom. The number of rotatable bonds is 2. The highest BCUT2D eigenvalue weighted by Gasteiger charge is 2.24. The second kappa shape index (κ2) is 4.96. The summed E-state index contributed by atoms with van der Waals surface area (Å²) in [5, 5.41) is 9.60. The van der Waals surface area contributed by atoms with Crippen molar-refractivity contribution in [1.82, 2.24) is 0 Å². The molecule has 1 aliphatic rings. The van der Waals surface area contributed by atoms with E-state index in [0.717, 1.165) is 31.6 Å². The molecule has 1 fully saturated rings. The number of aryl methyl sites for hydroxylation is 1. The van der Waals surface area contributed by atoms with Gasteiger partial charge in [0.25, 0.3) is 0 Å². The van der Waals surface area contributed by atoms with Crippen LogP contribution >= 0.6 is 0 Å². The molecule has 0 radical (unpaired) electrons. The summed E-state index contributed by atoms with van der Waals surface area (Å²) in [6.45, 7) is 5.98. The van der Waals surface area contributed by atoms with Crippen LogP contribution in [0, 0.1) is 12.8 Å². The lowest BCUT2D eigenvalue weighted by atomic mass is 9.91. The molecule has 1 saturated heterocycles. The molecular weight excluding hydrogens is 212 g/mol. The minimum atomic E-state index is -0.189. The van der Waals surface area contributed by atoms with Gasteiger partial charge in [-0.1, -0.05) is 12.1 Å². The van der Waals surface area contributed by atoms with E-state index < -0.39 is 0 Å². The normalized spacial score (nSPS) is 19.4. The number of nitrogens with two attached hydrogens (primary N) is 1. The Labute approximate surface area is 103 Å². The number of aliphatic hydroxyl groups excluding tert-OH is 1. The summed E-state index contributed by atoms with van der Waals surface area (Å²) in [5.41, 5.74) is 9.33. The van der Waals surface area contributed by atoms with Gasteiger partial charge in [0.15, 0.2) is 0 Å². The number of para-hydroxylation sites is 1. The van der Waals surface area contributed by atoms with Crippen LogP contribution in [0.3, 0.4) is 0 Å². The van der Waals surface area contributed by atoms with E-state index in [0.29, 0.717) is 5.92 Å². The molecule has 1 unspecified atom stereocenters. The molecule has 1 aromatic carbocycles. The number of benzene rings is 1. The zero-order chi connectivity index (χ0) is 12.4. The number of nitrogen functional groups attached to an aromatic ring is 1. The first-order valence-electron chi connectivity index (χ1n) is 6.37. The second-order valence-electron chi connectivity index (χ2n) is 5.08. The predicted molar refractivity (Wildman–Crippen MR) is 72.2 cm³/mol. The minimum Gasteiger partial charge on any atom is -0.397 e. The molecule has 3 N–H and O–H groups in total. The van der Waals surface area contributed by atoms with Crippen molar-refractivity contribution in [2.45, 2.75) is 32.8 Å². The lowest BCUT2D eigenvalue weighted by Crippen LogP contribution is -2.37. The van der Waals surface area contributed by atoms with Gasteiger partial charge in [0.1, 0.15) is 0 Å². The van der Waals surface area contributed by atoms with Crippen molar-refractivity contribution in [2.75, 3.05) is 23.7 Å². The van der Waals surface area contributed by atoms with Crippen LogP contribution in [0.1, 0.15) is 25.3 Å². The Morgan fingerprint density at radius 1 is 1.35 bits per heavy atom. The van der Waals surface area contributed by atoms with E-state index >= 15 is 0 Å². The molecule has 3 nitrogen and oxygen atoms in total. The Morgan fingerprint density at radius 2 is 2.00 bits per heavy atom. The maximum Gasteiger partial charge on any atom is 0.0629 e. The number of nitrogens with zero attached hydrogens (tertiary/aromatic N) is 1. The van der Waals surface area contributed by atoms with Crippen LogP contribution in [0.2, 0.25) is 0 Å². The van der Waals surface area contributed by atoms with Crippen LogP contribution in [0.25, 0.3) is 0 Å². The fraction of sp³-hybridized carbons (Fsp3) is 0.571. The first kappa shape index (κ1) is 12.2. The van der Waals surface area contributed by atoms with Gasteiger partial charge in [-0.05, 0) is 44.2 Å². The molecule has 0 spiro atoms. The zero-order valence-electron chi connectivity index (χ0n) is 10.7. The van der Waals surface area contributed by atoms with E-state index in [4.69, 9.17) is 5.73 Å². The zero-order valence-corrected chi connectivity index (χ0v) is 10.7. The number of aliphatic hydroxyl groups is 1. The SMILES string of the molecule is Cc1cccc(N)c1N1CCC(C(C)O)CC1. The maximum absolute atomic E-state index is 9.60. The molecule has 0 aromatic heterocycles. The van der Waals surface area contributed by atoms with Crippen LogP contribution in [0.5, 0.6) is 0 Å². The molecule has 2 rings (SSSR count). The van der Waals surface area contributed by atoms with Crippen LogP contribution in [0.15, 0.2) is 18.2 Å². The molecule has 0 bridgehead atoms. The smallest absolute Gasteiger partial charge is 0.0629 e. The molecule has 0 amide bonds. The van der Waals surface area contributed by atoms with Crippen LogP contribution < -0.4 is 10.6 Å². The first-order valence-corrected chi connectivity index (χ1v) is 6.37. The van der Waals surface area contributed by atoms with Gasteiger partial charge in [0.2, 0.25) is 0 Å². The van der Waals surface area contributed by atoms with Crippen molar-refractivity contribution in [3.8, 4) is 0 Å². The Hall–Kier alpha value is -1.22. The van der Waals surface area contributed by atoms with Gasteiger partial charge in [0.05, 0.1) is 17.5 Å². The lowest BCUT2D eigenvalue weighted by Gasteiger charge is -2.36. The standard InChI is InChI=1S/C14H22N2O/c1-10-4-3-5-13(15)14(10)16-8-6-12(7-9-16)11(2)17/h3-5,11-12,17H,6-9,15H2,1-2H3. The van der Waals surface area contributed by atoms with Gasteiger partial charge >= 0.3 is 0 Å². The van der Waals surface area contributed by atoms with Gasteiger partial charge in [-0.25, -0.2) is 0 Å². The fourth-order valence-corrected chi connectivity index (χ4v) is 2.72. The lowest BCUT2D eigenvalue weighted by molar-refractivity contribution is 0.110. The Kier molecular flexibility index (Phi) is 3.57. The molecular formula is C14H22N2O. The fourth-order valence-electron chi connectivity index (χ4n) is 2.72. The van der Waals surface area contributed by atoms with Gasteiger partial charge in [-0.3, -0.25) is 0 Å². The molecule has 0 aliphatic carbocycles. The Balaban J connectivity index is 2.11. The molecule has 1 aromatic rings. The summed E-state index contributed by atoms with van der Waals surface area (Å²) in [6, 6.07) is 6.06. The second-order valence-corrected chi connectivity index (χ2v) is 5.08. The van der Waals surface area contributed by atoms with Crippen molar-refractivity contribution >= 4 is 11.4 Å². The molecule has 1 aliphatic heterocycles. The van der Waals surface area contributed by atoms with Crippen molar-refractivity contribution in [1.29, 1.82) is 0 Å². The van der Waals surface area contributed by atoms with E-state index in [-0.39, 0.29) is 6.10 Å². The van der Waals surface area contributed by atoms with E-state index in [1.807, 2.05) is 19.1 Å². The van der Waals surface area contributed by atoms with E-state index in [1.165, 1.54) is 11.3 Å². The third-order valence-corrected chi connectivity index (χ3v) is 3.81. The maximum atomic E-state index is 9.60. The average Bonchev–Trinajstić information content (AvgIpc) is 2.29. The number of anilines is 2. The monoisotopic (exact) mass is 234 g/mol. The minimum absolute atomic E-state index is 0.189. The predicted octanol–water partition coefficient (Wildman–Crippen LogP) is 2.17. The number of hydrogen-bond donors (Lipinski definition) is 2. The van der Waals surface area contributed by atoms with Gasteiger partial charge in [0, 0.05) is 13.1 Å². The summed E-state index contributed by atoms with van der Waals surface area (Å²) >= 11 is 0. The van der Waals surface area contributed by atoms with E-state index in [2.05, 4.69) is 17.9 Å². The summed E-state index contributed by atoms with van der Waals surface area (Å²) in [7, 11) is 0. The topological polar surface area (TPSA) is 49.5 Å². The van der Waals surface area contributed by atoms with Crippen molar-refractivity contribution in [2.24, 2.45) is 5.92 Å². The molecule has 17 heavy (non-hydrogen) atoms. The van der Waals surface area contributed by atoms with Crippen LogP contribution in [-0.4, -0.2) is 24.3 Å². The van der Waals surface area contributed by atoms with Crippen molar-refractivity contribution in [3.05, 3.63) is 23.8 Å². The summed E-state index contributed by atoms with van der Waals surface area (Å²) in [5.74, 6) is 0.441. The van der Waals surface area contributed by atoms with Gasteiger partial charge < -0.3 is 15.7 Å². The summed E-state index contributed by atoms with van der Waals surface area (Å²) < 4.78 is 0. The molecule has 1 heterocycles. The van der Waals surface area contributed by atoms with E-state index in [9.17, 15) is 5.11 Å². The van der Waals surface area contributed by atoms with Gasteiger partial charge in [-0.2, -0.15) is 0 Å². The third kappa shape index (κ3) is 2.55. The summed E-state index contributed by atoms with van der Waals surface area (Å²) in [4.78, 5) is 2.35. The highest BCUT2D eigenvalue weighted by Crippen LogP contribution is 2.31. The number of hydrogen-bond acceptors (Lipinski definition) is 3. The van der Waals surface area contributed by atoms with Gasteiger partial charge in [-0.15, -0.1) is 0 Å². The molecule has 1 atom stereocenters. The average molecular weight is 234 g/mol. The highest BCUT2D eigenvalue weighted by atomic mass is 16.3. The quantitative estimate of drug-likeness (QED) is 0.771. The van der Waals surface area contributed by atoms with Crippen molar-refractivity contribution in [3.63, 3.8) is 0 Å². The van der Waals surface area contributed by atoms with E-state index in [1.54, 1.807) is 0 Å². The summed E-state index contributed by atoms with van der Waals surface area (Å²) in [6.07, 6.45) is 1.91. The van der Waals surface area contributed by atoms with Crippen molar-refractivity contribution < 1.29 is 5.11 Å². The first-order chi connectivity index (χ1) is 8.09. The molecule has 3 heteroatoms. The number of piperidine rings is 1. The largest absolute Gasteiger partial charge is 0.397 e.